The Balaban J connectivity index is 1.91. The molecule has 1 N–H and O–H groups in total. The summed E-state index contributed by atoms with van der Waals surface area (Å²) in [5.74, 6) is -0.903. The van der Waals surface area contributed by atoms with Gasteiger partial charge in [-0.2, -0.15) is 0 Å². The van der Waals surface area contributed by atoms with Gasteiger partial charge in [0.15, 0.2) is 6.54 Å². The first-order valence-electron chi connectivity index (χ1n) is 6.94. The van der Waals surface area contributed by atoms with E-state index in [2.05, 4.69) is 19.0 Å². The summed E-state index contributed by atoms with van der Waals surface area (Å²) in [6.45, 7) is 4.11. The fourth-order valence-corrected chi connectivity index (χ4v) is 2.35. The van der Waals surface area contributed by atoms with E-state index in [4.69, 9.17) is 9.84 Å². The number of quaternary nitrogens is 1. The number of benzene rings is 1. The number of ether oxygens (including phenoxy) is 1. The molecule has 0 aliphatic carbocycles. The molecule has 6 nitrogen and oxygen atoms in total. The van der Waals surface area contributed by atoms with Gasteiger partial charge in [-0.1, -0.05) is 0 Å². The number of carboxylic acids is 1. The Morgan fingerprint density at radius 1 is 1.24 bits per heavy atom. The minimum Gasteiger partial charge on any atom is -0.478 e. The van der Waals surface area contributed by atoms with Gasteiger partial charge in [-0.15, -0.1) is 0 Å². The third-order valence-corrected chi connectivity index (χ3v) is 3.89. The Bertz CT molecular complexity index is 519. The average Bonchev–Trinajstić information content (AvgIpc) is 2.43. The molecule has 1 aliphatic rings. The van der Waals surface area contributed by atoms with E-state index in [1.807, 2.05) is 0 Å². The van der Waals surface area contributed by atoms with Gasteiger partial charge in [0.2, 0.25) is 0 Å². The highest BCUT2D eigenvalue weighted by molar-refractivity contribution is 5.87. The van der Waals surface area contributed by atoms with Gasteiger partial charge in [-0.05, 0) is 31.3 Å². The quantitative estimate of drug-likeness (QED) is 0.502. The minimum absolute atomic E-state index is 0.174. The standard InChI is InChI=1S/C15H20N2O4/c1-16-7-9-17(2,10-8-16)11-14(18)21-13-5-3-12(4-6-13)15(19)20/h3-6H,7-11H2,1-2H3/p+1. The van der Waals surface area contributed by atoms with Crippen LogP contribution in [0.1, 0.15) is 10.4 Å². The number of aromatic carboxylic acids is 1. The Kier molecular flexibility index (Phi) is 4.59. The van der Waals surface area contributed by atoms with E-state index >= 15 is 0 Å². The highest BCUT2D eigenvalue weighted by Gasteiger charge is 2.30. The second-order valence-corrected chi connectivity index (χ2v) is 5.83. The molecule has 1 saturated heterocycles. The van der Waals surface area contributed by atoms with E-state index in [9.17, 15) is 9.59 Å². The van der Waals surface area contributed by atoms with Crippen molar-refractivity contribution in [2.45, 2.75) is 0 Å². The van der Waals surface area contributed by atoms with Gasteiger partial charge in [0, 0.05) is 13.1 Å². The number of piperazine rings is 1. The molecule has 6 heteroatoms. The SMILES string of the molecule is CN1CC[N+](C)(CC(=O)Oc2ccc(C(=O)O)cc2)CC1. The topological polar surface area (TPSA) is 66.8 Å². The Labute approximate surface area is 124 Å². The van der Waals surface area contributed by atoms with E-state index in [0.29, 0.717) is 16.8 Å². The van der Waals surface area contributed by atoms with Crippen molar-refractivity contribution < 1.29 is 23.9 Å². The van der Waals surface area contributed by atoms with Crippen LogP contribution in [0, 0.1) is 0 Å². The normalized spacial score (nSPS) is 18.2. The summed E-state index contributed by atoms with van der Waals surface area (Å²) in [5.41, 5.74) is 0.174. The number of rotatable bonds is 4. The molecular formula is C15H21N2O4+. The number of hydrogen-bond donors (Lipinski definition) is 1. The van der Waals surface area contributed by atoms with E-state index in [-0.39, 0.29) is 11.5 Å². The zero-order valence-electron chi connectivity index (χ0n) is 12.4. The summed E-state index contributed by atoms with van der Waals surface area (Å²) >= 11 is 0. The Morgan fingerprint density at radius 3 is 2.33 bits per heavy atom. The first-order chi connectivity index (χ1) is 9.88. The maximum atomic E-state index is 12.0. The Hall–Kier alpha value is -1.92. The van der Waals surface area contributed by atoms with Crippen molar-refractivity contribution in [3.8, 4) is 5.75 Å². The lowest BCUT2D eigenvalue weighted by Crippen LogP contribution is -2.58. The molecule has 2 rings (SSSR count). The van der Waals surface area contributed by atoms with Gasteiger partial charge < -0.3 is 14.3 Å². The average molecular weight is 293 g/mol. The number of carbonyl (C=O) groups excluding carboxylic acids is 1. The molecule has 1 heterocycles. The lowest BCUT2D eigenvalue weighted by atomic mass is 10.2. The van der Waals surface area contributed by atoms with Crippen LogP contribution in [0.25, 0.3) is 0 Å². The minimum atomic E-state index is -0.997. The summed E-state index contributed by atoms with van der Waals surface area (Å²) in [7, 11) is 4.13. The molecule has 0 amide bonds. The smallest absolute Gasteiger partial charge is 0.367 e. The molecule has 114 valence electrons. The van der Waals surface area contributed by atoms with Crippen molar-refractivity contribution in [2.75, 3.05) is 46.8 Å². The van der Waals surface area contributed by atoms with Crippen LogP contribution in [0.5, 0.6) is 5.75 Å². The van der Waals surface area contributed by atoms with Gasteiger partial charge >= 0.3 is 11.9 Å². The maximum absolute atomic E-state index is 12.0. The molecule has 0 aromatic heterocycles. The van der Waals surface area contributed by atoms with Crippen LogP contribution in [-0.4, -0.2) is 73.2 Å². The van der Waals surface area contributed by atoms with Gasteiger partial charge in [0.25, 0.3) is 0 Å². The Morgan fingerprint density at radius 2 is 1.81 bits per heavy atom. The highest BCUT2D eigenvalue weighted by Crippen LogP contribution is 2.14. The van der Waals surface area contributed by atoms with Crippen LogP contribution in [0.15, 0.2) is 24.3 Å². The molecular weight excluding hydrogens is 272 g/mol. The largest absolute Gasteiger partial charge is 0.478 e. The van der Waals surface area contributed by atoms with Crippen LogP contribution in [0.2, 0.25) is 0 Å². The molecule has 0 atom stereocenters. The number of hydrogen-bond acceptors (Lipinski definition) is 4. The monoisotopic (exact) mass is 293 g/mol. The molecule has 0 radical (unpaired) electrons. The van der Waals surface area contributed by atoms with Gasteiger partial charge in [-0.25, -0.2) is 9.59 Å². The van der Waals surface area contributed by atoms with Crippen molar-refractivity contribution in [2.24, 2.45) is 0 Å². The van der Waals surface area contributed by atoms with Crippen molar-refractivity contribution in [1.29, 1.82) is 0 Å². The summed E-state index contributed by atoms with van der Waals surface area (Å²) in [5, 5.41) is 8.82. The fourth-order valence-electron chi connectivity index (χ4n) is 2.35. The zero-order chi connectivity index (χ0) is 15.5. The second-order valence-electron chi connectivity index (χ2n) is 5.83. The third kappa shape index (κ3) is 4.27. The molecule has 1 aliphatic heterocycles. The summed E-state index contributed by atoms with van der Waals surface area (Å²) < 4.78 is 5.96. The van der Waals surface area contributed by atoms with Crippen LogP contribution in [-0.2, 0) is 4.79 Å². The predicted molar refractivity (Wildman–Crippen MR) is 77.3 cm³/mol. The van der Waals surface area contributed by atoms with Crippen molar-refractivity contribution >= 4 is 11.9 Å². The number of carbonyl (C=O) groups is 2. The first kappa shape index (κ1) is 15.5. The second kappa shape index (κ2) is 6.24. The highest BCUT2D eigenvalue weighted by atomic mass is 16.5. The van der Waals surface area contributed by atoms with Crippen molar-refractivity contribution in [3.63, 3.8) is 0 Å². The molecule has 1 aromatic rings. The van der Waals surface area contributed by atoms with Crippen LogP contribution < -0.4 is 4.74 Å². The fraction of sp³-hybridized carbons (Fsp3) is 0.467. The van der Waals surface area contributed by atoms with Crippen LogP contribution in [0.4, 0.5) is 0 Å². The van der Waals surface area contributed by atoms with E-state index in [1.165, 1.54) is 24.3 Å². The number of nitrogens with zero attached hydrogens (tertiary/aromatic N) is 2. The molecule has 1 fully saturated rings. The zero-order valence-corrected chi connectivity index (χ0v) is 12.4. The summed E-state index contributed by atoms with van der Waals surface area (Å²) in [6, 6.07) is 5.87. The van der Waals surface area contributed by atoms with Crippen LogP contribution in [0.3, 0.4) is 0 Å². The molecule has 0 bridgehead atoms. The maximum Gasteiger partial charge on any atom is 0.367 e. The number of likely N-dealkylation sites (N-methyl/N-ethyl adjacent to an activating group) is 2. The first-order valence-corrected chi connectivity index (χ1v) is 6.94. The van der Waals surface area contributed by atoms with Crippen molar-refractivity contribution in [3.05, 3.63) is 29.8 Å². The van der Waals surface area contributed by atoms with E-state index in [1.54, 1.807) is 0 Å². The lowest BCUT2D eigenvalue weighted by Gasteiger charge is -2.39. The lowest BCUT2D eigenvalue weighted by molar-refractivity contribution is -0.906. The van der Waals surface area contributed by atoms with E-state index in [0.717, 1.165) is 26.2 Å². The molecule has 1 aromatic carbocycles. The van der Waals surface area contributed by atoms with Crippen LogP contribution >= 0.6 is 0 Å². The van der Waals surface area contributed by atoms with Crippen molar-refractivity contribution in [1.82, 2.24) is 4.90 Å². The third-order valence-electron chi connectivity index (χ3n) is 3.89. The molecule has 0 unspecified atom stereocenters. The summed E-state index contributed by atoms with van der Waals surface area (Å²) in [6.07, 6.45) is 0. The number of carboxylic acid groups (broad SMARTS) is 1. The van der Waals surface area contributed by atoms with Gasteiger partial charge in [0.1, 0.15) is 5.75 Å². The molecule has 21 heavy (non-hydrogen) atoms. The predicted octanol–water partition coefficient (Wildman–Crippen LogP) is 0.682. The van der Waals surface area contributed by atoms with Gasteiger partial charge in [0.05, 0.1) is 25.7 Å². The van der Waals surface area contributed by atoms with E-state index < -0.39 is 5.97 Å². The van der Waals surface area contributed by atoms with Gasteiger partial charge in [-0.3, -0.25) is 4.90 Å². The summed E-state index contributed by atoms with van der Waals surface area (Å²) in [4.78, 5) is 25.0. The molecule has 0 spiro atoms. The number of esters is 1. The molecule has 0 saturated carbocycles.